The van der Waals surface area contributed by atoms with Gasteiger partial charge in [-0.3, -0.25) is 4.79 Å². The molecular formula is C24H14BrF3O5. The molecule has 1 aromatic heterocycles. The number of aryl methyl sites for hydroxylation is 1. The van der Waals surface area contributed by atoms with Crippen LogP contribution >= 0.6 is 15.9 Å². The van der Waals surface area contributed by atoms with Crippen molar-refractivity contribution in [2.75, 3.05) is 0 Å². The zero-order chi connectivity index (χ0) is 23.8. The number of esters is 1. The molecule has 0 amide bonds. The third-order valence-electron chi connectivity index (χ3n) is 4.59. The number of hydrogen-bond acceptors (Lipinski definition) is 5. The first-order chi connectivity index (χ1) is 15.6. The minimum Gasteiger partial charge on any atom is -0.448 e. The van der Waals surface area contributed by atoms with Crippen LogP contribution in [0.2, 0.25) is 0 Å². The molecule has 168 valence electrons. The minimum atomic E-state index is -5.02. The molecule has 5 nitrogen and oxygen atoms in total. The molecule has 0 spiro atoms. The molecule has 0 unspecified atom stereocenters. The highest BCUT2D eigenvalue weighted by Crippen LogP contribution is 2.39. The van der Waals surface area contributed by atoms with Crippen LogP contribution in [0.25, 0.3) is 11.0 Å². The maximum atomic E-state index is 13.7. The molecule has 1 heterocycles. The first-order valence-electron chi connectivity index (χ1n) is 9.53. The van der Waals surface area contributed by atoms with Gasteiger partial charge in [0.05, 0.1) is 15.4 Å². The van der Waals surface area contributed by atoms with Crippen LogP contribution in [0.3, 0.4) is 0 Å². The van der Waals surface area contributed by atoms with Crippen LogP contribution in [0, 0.1) is 6.92 Å². The van der Waals surface area contributed by atoms with E-state index in [4.69, 9.17) is 13.9 Å². The monoisotopic (exact) mass is 518 g/mol. The molecule has 0 radical (unpaired) electrons. The number of ether oxygens (including phenoxy) is 2. The van der Waals surface area contributed by atoms with E-state index in [1.165, 1.54) is 18.2 Å². The highest BCUT2D eigenvalue weighted by Gasteiger charge is 2.40. The van der Waals surface area contributed by atoms with Gasteiger partial charge in [0, 0.05) is 6.07 Å². The lowest BCUT2D eigenvalue weighted by atomic mass is 10.1. The van der Waals surface area contributed by atoms with Gasteiger partial charge < -0.3 is 13.9 Å². The lowest BCUT2D eigenvalue weighted by Crippen LogP contribution is -2.16. The quantitative estimate of drug-likeness (QED) is 0.217. The Labute approximate surface area is 193 Å². The van der Waals surface area contributed by atoms with Gasteiger partial charge in [-0.15, -0.1) is 0 Å². The lowest BCUT2D eigenvalue weighted by Gasteiger charge is -2.14. The molecule has 0 atom stereocenters. The number of hydrogen-bond donors (Lipinski definition) is 0. The normalized spacial score (nSPS) is 11.4. The van der Waals surface area contributed by atoms with Crippen molar-refractivity contribution in [1.82, 2.24) is 0 Å². The maximum Gasteiger partial charge on any atom is 0.453 e. The molecule has 0 saturated heterocycles. The number of carbonyl (C=O) groups excluding carboxylic acids is 1. The predicted molar refractivity (Wildman–Crippen MR) is 118 cm³/mol. The summed E-state index contributed by atoms with van der Waals surface area (Å²) >= 11 is 3.17. The van der Waals surface area contributed by atoms with Gasteiger partial charge in [0.1, 0.15) is 17.1 Å². The number of benzene rings is 3. The fraction of sp³-hybridized carbons (Fsp3) is 0.0833. The summed E-state index contributed by atoms with van der Waals surface area (Å²) < 4.78 is 57.1. The van der Waals surface area contributed by atoms with Gasteiger partial charge in [-0.2, -0.15) is 13.2 Å². The Morgan fingerprint density at radius 1 is 1.00 bits per heavy atom. The van der Waals surface area contributed by atoms with Crippen LogP contribution in [0.4, 0.5) is 13.2 Å². The van der Waals surface area contributed by atoms with Gasteiger partial charge in [0.2, 0.25) is 11.2 Å². The predicted octanol–water partition coefficient (Wildman–Crippen LogP) is 6.89. The molecule has 0 saturated carbocycles. The summed E-state index contributed by atoms with van der Waals surface area (Å²) in [7, 11) is 0. The number of halogens is 4. The summed E-state index contributed by atoms with van der Waals surface area (Å²) in [6.45, 7) is 1.80. The first kappa shape index (κ1) is 22.6. The summed E-state index contributed by atoms with van der Waals surface area (Å²) in [5.41, 5.74) is -0.316. The van der Waals surface area contributed by atoms with Crippen molar-refractivity contribution >= 4 is 32.9 Å². The van der Waals surface area contributed by atoms with E-state index in [0.717, 1.165) is 11.6 Å². The van der Waals surface area contributed by atoms with E-state index in [-0.39, 0.29) is 22.4 Å². The Bertz CT molecular complexity index is 1430. The average molecular weight is 519 g/mol. The summed E-state index contributed by atoms with van der Waals surface area (Å²) in [5.74, 6) is -3.36. The minimum absolute atomic E-state index is 0.0124. The number of carbonyl (C=O) groups is 1. The van der Waals surface area contributed by atoms with E-state index >= 15 is 0 Å². The van der Waals surface area contributed by atoms with E-state index < -0.39 is 34.7 Å². The van der Waals surface area contributed by atoms with Crippen LogP contribution in [-0.4, -0.2) is 5.97 Å². The zero-order valence-electron chi connectivity index (χ0n) is 16.9. The number of para-hydroxylation sites is 1. The van der Waals surface area contributed by atoms with Crippen LogP contribution in [0.15, 0.2) is 80.4 Å². The second-order valence-corrected chi connectivity index (χ2v) is 7.89. The van der Waals surface area contributed by atoms with Crippen molar-refractivity contribution in [3.05, 3.63) is 98.3 Å². The van der Waals surface area contributed by atoms with Crippen molar-refractivity contribution < 1.29 is 31.9 Å². The molecule has 9 heteroatoms. The van der Waals surface area contributed by atoms with Crippen molar-refractivity contribution in [2.24, 2.45) is 0 Å². The zero-order valence-corrected chi connectivity index (χ0v) is 18.5. The van der Waals surface area contributed by atoms with Gasteiger partial charge >= 0.3 is 12.1 Å². The molecule has 0 N–H and O–H groups in total. The third kappa shape index (κ3) is 4.78. The number of rotatable bonds is 4. The van der Waals surface area contributed by atoms with Crippen LogP contribution < -0.4 is 14.9 Å². The van der Waals surface area contributed by atoms with E-state index in [0.29, 0.717) is 4.47 Å². The summed E-state index contributed by atoms with van der Waals surface area (Å²) in [6.07, 6.45) is -5.02. The van der Waals surface area contributed by atoms with Crippen LogP contribution in [0.1, 0.15) is 21.7 Å². The molecule has 4 aromatic rings. The molecule has 0 aliphatic rings. The standard InChI is InChI=1S/C24H14BrF3O5/c1-13-5-4-6-14(11-13)23(30)31-15-9-10-16-19(12-15)33-22(24(26,27)28)21(20(16)29)32-18-8-3-2-7-17(18)25/h2-12H,1H3. The fourth-order valence-electron chi connectivity index (χ4n) is 3.07. The van der Waals surface area contributed by atoms with Gasteiger partial charge in [0.15, 0.2) is 0 Å². The second kappa shape index (κ2) is 8.74. The van der Waals surface area contributed by atoms with Crippen molar-refractivity contribution in [2.45, 2.75) is 13.1 Å². The second-order valence-electron chi connectivity index (χ2n) is 7.04. The SMILES string of the molecule is Cc1cccc(C(=O)Oc2ccc3c(=O)c(Oc4ccccc4Br)c(C(F)(F)F)oc3c2)c1. The Hall–Kier alpha value is -3.59. The Morgan fingerprint density at radius 3 is 2.45 bits per heavy atom. The highest BCUT2D eigenvalue weighted by molar-refractivity contribution is 9.10. The van der Waals surface area contributed by atoms with Crippen molar-refractivity contribution in [1.29, 1.82) is 0 Å². The third-order valence-corrected chi connectivity index (χ3v) is 5.25. The number of alkyl halides is 3. The van der Waals surface area contributed by atoms with E-state index in [2.05, 4.69) is 15.9 Å². The molecule has 33 heavy (non-hydrogen) atoms. The van der Waals surface area contributed by atoms with Gasteiger partial charge in [-0.25, -0.2) is 4.79 Å². The van der Waals surface area contributed by atoms with Crippen LogP contribution in [0.5, 0.6) is 17.2 Å². The molecule has 0 aliphatic carbocycles. The lowest BCUT2D eigenvalue weighted by molar-refractivity contribution is -0.154. The van der Waals surface area contributed by atoms with E-state index in [1.54, 1.807) is 49.4 Å². The Kier molecular flexibility index (Phi) is 5.99. The molecule has 0 bridgehead atoms. The Balaban J connectivity index is 1.77. The fourth-order valence-corrected chi connectivity index (χ4v) is 3.44. The molecule has 3 aromatic carbocycles. The Morgan fingerprint density at radius 2 is 1.76 bits per heavy atom. The average Bonchev–Trinajstić information content (AvgIpc) is 2.76. The summed E-state index contributed by atoms with van der Waals surface area (Å²) in [5, 5.41) is -0.166. The van der Waals surface area contributed by atoms with Gasteiger partial charge in [0.25, 0.3) is 5.76 Å². The summed E-state index contributed by atoms with van der Waals surface area (Å²) in [4.78, 5) is 25.3. The first-order valence-corrected chi connectivity index (χ1v) is 10.3. The van der Waals surface area contributed by atoms with E-state index in [9.17, 15) is 22.8 Å². The molecular weight excluding hydrogens is 505 g/mol. The van der Waals surface area contributed by atoms with Gasteiger partial charge in [-0.05, 0) is 59.3 Å². The smallest absolute Gasteiger partial charge is 0.448 e. The maximum absolute atomic E-state index is 13.7. The highest BCUT2D eigenvalue weighted by atomic mass is 79.9. The van der Waals surface area contributed by atoms with Crippen LogP contribution in [-0.2, 0) is 6.18 Å². The molecule has 4 rings (SSSR count). The van der Waals surface area contributed by atoms with Gasteiger partial charge in [-0.1, -0.05) is 29.8 Å². The van der Waals surface area contributed by atoms with Crippen molar-refractivity contribution in [3.8, 4) is 17.2 Å². The number of fused-ring (bicyclic) bond motifs is 1. The van der Waals surface area contributed by atoms with Crippen molar-refractivity contribution in [3.63, 3.8) is 0 Å². The summed E-state index contributed by atoms with van der Waals surface area (Å²) in [6, 6.07) is 16.3. The topological polar surface area (TPSA) is 65.7 Å². The van der Waals surface area contributed by atoms with E-state index in [1.807, 2.05) is 0 Å². The molecule has 0 aliphatic heterocycles. The molecule has 0 fully saturated rings. The largest absolute Gasteiger partial charge is 0.453 e.